The van der Waals surface area contributed by atoms with Gasteiger partial charge in [0.15, 0.2) is 0 Å². The maximum Gasteiger partial charge on any atom is 0.220 e. The molecular weight excluding hydrogens is 128 g/mol. The van der Waals surface area contributed by atoms with Crippen LogP contribution in [0.15, 0.2) is 0 Å². The SMILES string of the molecule is O=C1C[C@H]2CCNC[C@@H]2N1. The van der Waals surface area contributed by atoms with E-state index in [1.807, 2.05) is 0 Å². The molecule has 0 spiro atoms. The fourth-order valence-corrected chi connectivity index (χ4v) is 1.83. The van der Waals surface area contributed by atoms with Gasteiger partial charge >= 0.3 is 0 Å². The summed E-state index contributed by atoms with van der Waals surface area (Å²) in [5, 5.41) is 6.22. The molecule has 0 radical (unpaired) electrons. The van der Waals surface area contributed by atoms with Crippen LogP contribution in [0.2, 0.25) is 0 Å². The summed E-state index contributed by atoms with van der Waals surface area (Å²) in [4.78, 5) is 10.9. The summed E-state index contributed by atoms with van der Waals surface area (Å²) in [5.74, 6) is 0.854. The zero-order valence-electron chi connectivity index (χ0n) is 5.89. The van der Waals surface area contributed by atoms with Crippen molar-refractivity contribution >= 4 is 5.91 Å². The molecule has 0 aliphatic carbocycles. The van der Waals surface area contributed by atoms with Gasteiger partial charge in [0.1, 0.15) is 0 Å². The van der Waals surface area contributed by atoms with Crippen LogP contribution in [-0.4, -0.2) is 25.0 Å². The van der Waals surface area contributed by atoms with Crippen molar-refractivity contribution in [3.05, 3.63) is 0 Å². The van der Waals surface area contributed by atoms with E-state index in [0.717, 1.165) is 25.9 Å². The van der Waals surface area contributed by atoms with Crippen LogP contribution in [0.4, 0.5) is 0 Å². The summed E-state index contributed by atoms with van der Waals surface area (Å²) in [6, 6.07) is 0.432. The third kappa shape index (κ3) is 0.904. The van der Waals surface area contributed by atoms with Crippen molar-refractivity contribution in [2.24, 2.45) is 5.92 Å². The van der Waals surface area contributed by atoms with E-state index in [2.05, 4.69) is 10.6 Å². The van der Waals surface area contributed by atoms with Gasteiger partial charge in [-0.25, -0.2) is 0 Å². The molecule has 3 nitrogen and oxygen atoms in total. The minimum atomic E-state index is 0.235. The van der Waals surface area contributed by atoms with Crippen molar-refractivity contribution in [3.63, 3.8) is 0 Å². The molecule has 2 saturated heterocycles. The minimum Gasteiger partial charge on any atom is -0.352 e. The maximum atomic E-state index is 10.9. The Morgan fingerprint density at radius 1 is 1.50 bits per heavy atom. The first-order valence-electron chi connectivity index (χ1n) is 3.86. The van der Waals surface area contributed by atoms with E-state index >= 15 is 0 Å². The Morgan fingerprint density at radius 2 is 2.40 bits per heavy atom. The van der Waals surface area contributed by atoms with Crippen molar-refractivity contribution in [2.75, 3.05) is 13.1 Å². The Balaban J connectivity index is 2.04. The molecular formula is C7H12N2O. The third-order valence-corrected chi connectivity index (χ3v) is 2.42. The predicted octanol–water partition coefficient (Wildman–Crippen LogP) is -0.516. The van der Waals surface area contributed by atoms with Gasteiger partial charge in [-0.1, -0.05) is 0 Å². The van der Waals surface area contributed by atoms with Crippen molar-refractivity contribution in [1.29, 1.82) is 0 Å². The minimum absolute atomic E-state index is 0.235. The number of nitrogens with one attached hydrogen (secondary N) is 2. The summed E-state index contributed by atoms with van der Waals surface area (Å²) in [6.45, 7) is 2.05. The lowest BCUT2D eigenvalue weighted by molar-refractivity contribution is -0.119. The highest BCUT2D eigenvalue weighted by atomic mass is 16.2. The number of carbonyl (C=O) groups is 1. The van der Waals surface area contributed by atoms with Gasteiger partial charge < -0.3 is 10.6 Å². The Morgan fingerprint density at radius 3 is 3.20 bits per heavy atom. The molecule has 0 aromatic carbocycles. The highest BCUT2D eigenvalue weighted by Gasteiger charge is 2.33. The molecule has 56 valence electrons. The lowest BCUT2D eigenvalue weighted by Crippen LogP contribution is -2.44. The van der Waals surface area contributed by atoms with Gasteiger partial charge in [-0.15, -0.1) is 0 Å². The van der Waals surface area contributed by atoms with Crippen LogP contribution >= 0.6 is 0 Å². The standard InChI is InChI=1S/C7H12N2O/c10-7-3-5-1-2-8-4-6(5)9-7/h5-6,8H,1-4H2,(H,9,10)/t5-,6+/m1/s1. The van der Waals surface area contributed by atoms with Gasteiger partial charge in [-0.2, -0.15) is 0 Å². The number of fused-ring (bicyclic) bond motifs is 1. The molecule has 2 fully saturated rings. The van der Waals surface area contributed by atoms with E-state index < -0.39 is 0 Å². The molecule has 0 aromatic heterocycles. The first-order valence-corrected chi connectivity index (χ1v) is 3.86. The second kappa shape index (κ2) is 2.23. The molecule has 2 rings (SSSR count). The van der Waals surface area contributed by atoms with E-state index in [1.54, 1.807) is 0 Å². The molecule has 10 heavy (non-hydrogen) atoms. The summed E-state index contributed by atoms with van der Waals surface area (Å²) in [5.41, 5.74) is 0. The van der Waals surface area contributed by atoms with Crippen molar-refractivity contribution in [2.45, 2.75) is 18.9 Å². The van der Waals surface area contributed by atoms with Gasteiger partial charge in [0, 0.05) is 19.0 Å². The molecule has 2 aliphatic rings. The number of amides is 1. The average Bonchev–Trinajstić information content (AvgIpc) is 2.27. The van der Waals surface area contributed by atoms with Gasteiger partial charge in [-0.3, -0.25) is 4.79 Å². The maximum absolute atomic E-state index is 10.9. The number of piperidine rings is 1. The number of carbonyl (C=O) groups excluding carboxylic acids is 1. The lowest BCUT2D eigenvalue weighted by Gasteiger charge is -2.24. The monoisotopic (exact) mass is 140 g/mol. The predicted molar refractivity (Wildman–Crippen MR) is 37.5 cm³/mol. The number of hydrogen-bond acceptors (Lipinski definition) is 2. The van der Waals surface area contributed by atoms with E-state index in [1.165, 1.54) is 0 Å². The second-order valence-corrected chi connectivity index (χ2v) is 3.13. The van der Waals surface area contributed by atoms with Crippen LogP contribution in [0.25, 0.3) is 0 Å². The van der Waals surface area contributed by atoms with Crippen LogP contribution in [0.3, 0.4) is 0 Å². The molecule has 0 aromatic rings. The zero-order chi connectivity index (χ0) is 6.97. The van der Waals surface area contributed by atoms with Crippen molar-refractivity contribution in [1.82, 2.24) is 10.6 Å². The molecule has 2 aliphatic heterocycles. The molecule has 0 bridgehead atoms. The van der Waals surface area contributed by atoms with Crippen LogP contribution in [0.5, 0.6) is 0 Å². The molecule has 2 heterocycles. The quantitative estimate of drug-likeness (QED) is 0.475. The fraction of sp³-hybridized carbons (Fsp3) is 0.857. The zero-order valence-corrected chi connectivity index (χ0v) is 5.89. The average molecular weight is 140 g/mol. The van der Waals surface area contributed by atoms with Gasteiger partial charge in [-0.05, 0) is 18.9 Å². The Hall–Kier alpha value is -0.570. The second-order valence-electron chi connectivity index (χ2n) is 3.13. The molecule has 2 N–H and O–H groups in total. The molecule has 1 amide bonds. The third-order valence-electron chi connectivity index (χ3n) is 2.42. The lowest BCUT2D eigenvalue weighted by atomic mass is 9.94. The summed E-state index contributed by atoms with van der Waals surface area (Å²) in [7, 11) is 0. The van der Waals surface area contributed by atoms with Crippen LogP contribution in [0, 0.1) is 5.92 Å². The Labute approximate surface area is 60.2 Å². The number of rotatable bonds is 0. The van der Waals surface area contributed by atoms with Crippen LogP contribution in [-0.2, 0) is 4.79 Å². The van der Waals surface area contributed by atoms with Crippen molar-refractivity contribution < 1.29 is 4.79 Å². The fourth-order valence-electron chi connectivity index (χ4n) is 1.83. The van der Waals surface area contributed by atoms with E-state index in [-0.39, 0.29) is 5.91 Å². The smallest absolute Gasteiger partial charge is 0.220 e. The van der Waals surface area contributed by atoms with Crippen LogP contribution < -0.4 is 10.6 Å². The molecule has 2 atom stereocenters. The Bertz CT molecular complexity index is 142. The normalized spacial score (nSPS) is 39.0. The first kappa shape index (κ1) is 6.16. The summed E-state index contributed by atoms with van der Waals surface area (Å²) >= 11 is 0. The van der Waals surface area contributed by atoms with Crippen LogP contribution in [0.1, 0.15) is 12.8 Å². The Kier molecular flexibility index (Phi) is 1.38. The van der Waals surface area contributed by atoms with E-state index in [4.69, 9.17) is 0 Å². The molecule has 3 heteroatoms. The number of hydrogen-bond donors (Lipinski definition) is 2. The van der Waals surface area contributed by atoms with Gasteiger partial charge in [0.25, 0.3) is 0 Å². The summed E-state index contributed by atoms with van der Waals surface area (Å²) in [6.07, 6.45) is 1.91. The van der Waals surface area contributed by atoms with Gasteiger partial charge in [0.05, 0.1) is 0 Å². The summed E-state index contributed by atoms with van der Waals surface area (Å²) < 4.78 is 0. The highest BCUT2D eigenvalue weighted by Crippen LogP contribution is 2.21. The largest absolute Gasteiger partial charge is 0.352 e. The van der Waals surface area contributed by atoms with Crippen molar-refractivity contribution in [3.8, 4) is 0 Å². The van der Waals surface area contributed by atoms with E-state index in [9.17, 15) is 4.79 Å². The molecule has 0 saturated carbocycles. The highest BCUT2D eigenvalue weighted by molar-refractivity contribution is 5.79. The molecule has 0 unspecified atom stereocenters. The topological polar surface area (TPSA) is 41.1 Å². The first-order chi connectivity index (χ1) is 4.86. The van der Waals surface area contributed by atoms with E-state index in [0.29, 0.717) is 12.0 Å². The van der Waals surface area contributed by atoms with Gasteiger partial charge in [0.2, 0.25) is 5.91 Å².